The van der Waals surface area contributed by atoms with E-state index in [0.717, 1.165) is 11.5 Å². The molecule has 0 aliphatic heterocycles. The van der Waals surface area contributed by atoms with E-state index >= 15 is 0 Å². The third kappa shape index (κ3) is 8.72. The van der Waals surface area contributed by atoms with E-state index in [2.05, 4.69) is 25.3 Å². The van der Waals surface area contributed by atoms with Gasteiger partial charge in [0.2, 0.25) is 0 Å². The van der Waals surface area contributed by atoms with E-state index in [1.165, 1.54) is 87.5 Å². The Hall–Kier alpha value is -2.76. The number of ether oxygens (including phenoxy) is 4. The maximum Gasteiger partial charge on any atom is 0.330 e. The van der Waals surface area contributed by atoms with Gasteiger partial charge in [-0.25, -0.2) is 9.59 Å². The Balaban J connectivity index is 1.77. The molecule has 6 nitrogen and oxygen atoms in total. The van der Waals surface area contributed by atoms with Gasteiger partial charge in [0.25, 0.3) is 0 Å². The van der Waals surface area contributed by atoms with Crippen LogP contribution in [0.1, 0.15) is 100 Å². The number of benzene rings is 1. The number of carbonyl (C=O) groups is 2. The molecule has 0 aromatic heterocycles. The fourth-order valence-corrected chi connectivity index (χ4v) is 5.26. The van der Waals surface area contributed by atoms with Crippen LogP contribution < -0.4 is 9.47 Å². The third-order valence-electron chi connectivity index (χ3n) is 7.15. The van der Waals surface area contributed by atoms with Gasteiger partial charge in [0.1, 0.15) is 11.5 Å². The summed E-state index contributed by atoms with van der Waals surface area (Å²) in [4.78, 5) is 22.6. The van der Waals surface area contributed by atoms with E-state index in [9.17, 15) is 9.59 Å². The minimum atomic E-state index is -0.413. The van der Waals surface area contributed by atoms with Gasteiger partial charge in [-0.1, -0.05) is 51.7 Å². The monoisotopic (exact) mass is 498 g/mol. The maximum absolute atomic E-state index is 11.3. The molecule has 0 bridgehead atoms. The lowest BCUT2D eigenvalue weighted by atomic mass is 9.79. The van der Waals surface area contributed by atoms with Crippen molar-refractivity contribution < 1.29 is 28.5 Å². The van der Waals surface area contributed by atoms with E-state index in [4.69, 9.17) is 18.9 Å². The molecule has 0 N–H and O–H groups in total. The van der Waals surface area contributed by atoms with Gasteiger partial charge >= 0.3 is 11.9 Å². The first-order valence-corrected chi connectivity index (χ1v) is 13.6. The van der Waals surface area contributed by atoms with Crippen LogP contribution in [0, 0.1) is 0 Å². The molecule has 3 rings (SSSR count). The van der Waals surface area contributed by atoms with Crippen molar-refractivity contribution in [2.45, 2.75) is 88.9 Å². The average Bonchev–Trinajstić information content (AvgIpc) is 2.93. The van der Waals surface area contributed by atoms with Crippen LogP contribution in [0.5, 0.6) is 11.5 Å². The molecule has 2 saturated carbocycles. The summed E-state index contributed by atoms with van der Waals surface area (Å²) >= 11 is 0. The molecule has 36 heavy (non-hydrogen) atoms. The summed E-state index contributed by atoms with van der Waals surface area (Å²) in [6.45, 7) is 8.38. The fourth-order valence-electron chi connectivity index (χ4n) is 5.26. The van der Waals surface area contributed by atoms with Gasteiger partial charge in [0.05, 0.1) is 26.4 Å². The molecule has 198 valence electrons. The maximum atomic E-state index is 11.3. The largest absolute Gasteiger partial charge is 0.493 e. The molecule has 2 fully saturated rings. The molecular weight excluding hydrogens is 456 g/mol. The molecule has 0 amide bonds. The van der Waals surface area contributed by atoms with Crippen LogP contribution in [0.15, 0.2) is 37.4 Å². The number of hydrogen-bond acceptors (Lipinski definition) is 6. The van der Waals surface area contributed by atoms with E-state index < -0.39 is 11.9 Å². The molecule has 0 radical (unpaired) electrons. The first-order chi connectivity index (χ1) is 17.6. The van der Waals surface area contributed by atoms with Gasteiger partial charge in [-0.05, 0) is 54.7 Å². The lowest BCUT2D eigenvalue weighted by Gasteiger charge is -2.29. The van der Waals surface area contributed by atoms with Crippen molar-refractivity contribution in [1.29, 1.82) is 0 Å². The summed E-state index contributed by atoms with van der Waals surface area (Å²) in [6, 6.07) is 4.45. The summed E-state index contributed by atoms with van der Waals surface area (Å²) < 4.78 is 22.8. The Morgan fingerprint density at radius 1 is 0.667 bits per heavy atom. The van der Waals surface area contributed by atoms with Gasteiger partial charge < -0.3 is 18.9 Å². The summed E-state index contributed by atoms with van der Waals surface area (Å²) in [5.74, 6) is 1.94. The minimum absolute atomic E-state index is 0.302. The van der Waals surface area contributed by atoms with Crippen molar-refractivity contribution in [3.8, 4) is 11.5 Å². The molecular formula is C30H42O6. The molecule has 6 heteroatoms. The standard InChI is InChI=1S/C30H42O6/c1-3-29(31)35-19-11-17-33-27-22-28(34-18-12-20-36-30(32)4-2)26(24-15-9-6-10-16-24)21-25(27)23-13-7-5-8-14-23/h3-4,21-24H,1-2,5-20H2. The minimum Gasteiger partial charge on any atom is -0.493 e. The first-order valence-electron chi connectivity index (χ1n) is 13.6. The van der Waals surface area contributed by atoms with E-state index in [1.807, 2.05) is 0 Å². The zero-order valence-corrected chi connectivity index (χ0v) is 21.6. The Kier molecular flexibility index (Phi) is 11.9. The Morgan fingerprint density at radius 3 is 1.47 bits per heavy atom. The van der Waals surface area contributed by atoms with Gasteiger partial charge in [-0.3, -0.25) is 0 Å². The Labute approximate surface area is 216 Å². The topological polar surface area (TPSA) is 71.1 Å². The van der Waals surface area contributed by atoms with Gasteiger partial charge in [0.15, 0.2) is 0 Å². The number of rotatable bonds is 14. The molecule has 0 unspecified atom stereocenters. The van der Waals surface area contributed by atoms with Crippen LogP contribution in [-0.4, -0.2) is 38.4 Å². The Bertz CT molecular complexity index is 797. The van der Waals surface area contributed by atoms with Crippen molar-refractivity contribution in [1.82, 2.24) is 0 Å². The highest BCUT2D eigenvalue weighted by Gasteiger charge is 2.26. The Morgan fingerprint density at radius 2 is 1.08 bits per heavy atom. The molecule has 1 aromatic carbocycles. The second-order valence-corrected chi connectivity index (χ2v) is 9.75. The first kappa shape index (κ1) is 27.8. The van der Waals surface area contributed by atoms with Gasteiger partial charge in [0, 0.05) is 31.1 Å². The van der Waals surface area contributed by atoms with Crippen LogP contribution in [-0.2, 0) is 19.1 Å². The normalized spacial score (nSPS) is 16.7. The van der Waals surface area contributed by atoms with Crippen LogP contribution in [0.3, 0.4) is 0 Å². The van der Waals surface area contributed by atoms with Crippen molar-refractivity contribution in [3.63, 3.8) is 0 Å². The number of esters is 2. The second kappa shape index (κ2) is 15.4. The summed E-state index contributed by atoms with van der Waals surface area (Å²) in [5, 5.41) is 0. The highest BCUT2D eigenvalue weighted by atomic mass is 16.5. The second-order valence-electron chi connectivity index (χ2n) is 9.75. The predicted octanol–water partition coefficient (Wildman–Crippen LogP) is 6.78. The summed E-state index contributed by atoms with van der Waals surface area (Å²) in [7, 11) is 0. The molecule has 0 spiro atoms. The zero-order chi connectivity index (χ0) is 25.6. The zero-order valence-electron chi connectivity index (χ0n) is 21.6. The highest BCUT2D eigenvalue weighted by Crippen LogP contribution is 2.45. The fraction of sp³-hybridized carbons (Fsp3) is 0.600. The highest BCUT2D eigenvalue weighted by molar-refractivity contribution is 5.81. The van der Waals surface area contributed by atoms with Crippen molar-refractivity contribution in [3.05, 3.63) is 48.6 Å². The summed E-state index contributed by atoms with van der Waals surface area (Å²) in [6.07, 6.45) is 15.9. The predicted molar refractivity (Wildman–Crippen MR) is 141 cm³/mol. The van der Waals surface area contributed by atoms with E-state index in [1.54, 1.807) is 0 Å². The average molecular weight is 499 g/mol. The lowest BCUT2D eigenvalue weighted by Crippen LogP contribution is -2.14. The van der Waals surface area contributed by atoms with Crippen LogP contribution in [0.2, 0.25) is 0 Å². The summed E-state index contributed by atoms with van der Waals surface area (Å²) in [5.41, 5.74) is 2.59. The van der Waals surface area contributed by atoms with Gasteiger partial charge in [-0.2, -0.15) is 0 Å². The SMILES string of the molecule is C=CC(=O)OCCCOc1cc(OCCCOC(=O)C=C)c(C2CCCCC2)cc1C1CCCCC1. The lowest BCUT2D eigenvalue weighted by molar-refractivity contribution is -0.138. The van der Waals surface area contributed by atoms with Crippen LogP contribution in [0.25, 0.3) is 0 Å². The smallest absolute Gasteiger partial charge is 0.330 e. The van der Waals surface area contributed by atoms with Gasteiger partial charge in [-0.15, -0.1) is 0 Å². The van der Waals surface area contributed by atoms with E-state index in [-0.39, 0.29) is 0 Å². The third-order valence-corrected chi connectivity index (χ3v) is 7.15. The molecule has 0 saturated heterocycles. The molecule has 2 aliphatic rings. The van der Waals surface area contributed by atoms with Crippen molar-refractivity contribution in [2.75, 3.05) is 26.4 Å². The molecule has 0 heterocycles. The molecule has 2 aliphatic carbocycles. The van der Waals surface area contributed by atoms with Crippen LogP contribution in [0.4, 0.5) is 0 Å². The number of hydrogen-bond donors (Lipinski definition) is 0. The molecule has 0 atom stereocenters. The van der Waals surface area contributed by atoms with Crippen molar-refractivity contribution >= 4 is 11.9 Å². The van der Waals surface area contributed by atoms with E-state index in [0.29, 0.717) is 51.1 Å². The quantitative estimate of drug-likeness (QED) is 0.160. The number of carbonyl (C=O) groups excluding carboxylic acids is 2. The van der Waals surface area contributed by atoms with Crippen molar-refractivity contribution in [2.24, 2.45) is 0 Å². The van der Waals surface area contributed by atoms with Crippen LogP contribution >= 0.6 is 0 Å². The molecule has 1 aromatic rings.